The lowest BCUT2D eigenvalue weighted by molar-refractivity contribution is 0.0637. The fourth-order valence-corrected chi connectivity index (χ4v) is 5.39. The normalized spacial score (nSPS) is 19.2. The number of piperidine rings is 1. The van der Waals surface area contributed by atoms with Crippen molar-refractivity contribution in [3.05, 3.63) is 51.7 Å². The maximum atomic E-state index is 12.8. The van der Waals surface area contributed by atoms with E-state index in [2.05, 4.69) is 17.0 Å². The topological polar surface area (TPSA) is 62.3 Å². The molecule has 2 fully saturated rings. The standard InChI is InChI=1S/C26H35N3O4S/c1-3-32-26(31)28-15-13-27(14-16-28)17-21-7-9-23(10-8-21)33-19-22-5-4-12-29(18-22)25(30)24-11-6-20(2)34-24/h6-11,22H,3-5,12-19H2,1-2H3. The zero-order valence-corrected chi connectivity index (χ0v) is 21.0. The van der Waals surface area contributed by atoms with E-state index in [0.717, 1.165) is 56.2 Å². The van der Waals surface area contributed by atoms with Gasteiger partial charge in [0, 0.05) is 56.6 Å². The Morgan fingerprint density at radius 3 is 2.44 bits per heavy atom. The van der Waals surface area contributed by atoms with E-state index < -0.39 is 0 Å². The van der Waals surface area contributed by atoms with Crippen LogP contribution in [0.15, 0.2) is 36.4 Å². The highest BCUT2D eigenvalue weighted by molar-refractivity contribution is 7.13. The molecule has 1 aromatic heterocycles. The number of piperazine rings is 1. The highest BCUT2D eigenvalue weighted by atomic mass is 32.1. The minimum Gasteiger partial charge on any atom is -0.493 e. The van der Waals surface area contributed by atoms with Crippen molar-refractivity contribution in [3.8, 4) is 5.75 Å². The summed E-state index contributed by atoms with van der Waals surface area (Å²) in [5, 5.41) is 0. The predicted molar refractivity (Wildman–Crippen MR) is 133 cm³/mol. The number of thiophene rings is 1. The molecule has 0 aliphatic carbocycles. The number of aryl methyl sites for hydroxylation is 1. The number of hydrogen-bond donors (Lipinski definition) is 0. The van der Waals surface area contributed by atoms with Crippen LogP contribution in [-0.2, 0) is 11.3 Å². The molecule has 2 aromatic rings. The largest absolute Gasteiger partial charge is 0.493 e. The lowest BCUT2D eigenvalue weighted by atomic mass is 9.99. The summed E-state index contributed by atoms with van der Waals surface area (Å²) in [7, 11) is 0. The Morgan fingerprint density at radius 1 is 1.00 bits per heavy atom. The van der Waals surface area contributed by atoms with Gasteiger partial charge in [-0.2, -0.15) is 0 Å². The Hall–Kier alpha value is -2.58. The van der Waals surface area contributed by atoms with Gasteiger partial charge in [0.15, 0.2) is 0 Å². The summed E-state index contributed by atoms with van der Waals surface area (Å²) in [6, 6.07) is 12.2. The van der Waals surface area contributed by atoms with Gasteiger partial charge in [0.05, 0.1) is 18.1 Å². The van der Waals surface area contributed by atoms with E-state index >= 15 is 0 Å². The second-order valence-electron chi connectivity index (χ2n) is 9.09. The Bertz CT molecular complexity index is 953. The first-order chi connectivity index (χ1) is 16.5. The molecule has 2 aliphatic rings. The molecule has 0 radical (unpaired) electrons. The maximum Gasteiger partial charge on any atom is 0.409 e. The number of ether oxygens (including phenoxy) is 2. The number of likely N-dealkylation sites (tertiary alicyclic amines) is 1. The summed E-state index contributed by atoms with van der Waals surface area (Å²) >= 11 is 1.57. The molecule has 2 aliphatic heterocycles. The van der Waals surface area contributed by atoms with Crippen LogP contribution in [0, 0.1) is 12.8 Å². The van der Waals surface area contributed by atoms with Gasteiger partial charge in [-0.05, 0) is 56.5 Å². The third-order valence-corrected chi connectivity index (χ3v) is 7.46. The van der Waals surface area contributed by atoms with Crippen molar-refractivity contribution in [2.75, 3.05) is 52.5 Å². The highest BCUT2D eigenvalue weighted by Gasteiger charge is 2.26. The van der Waals surface area contributed by atoms with Crippen LogP contribution in [0.3, 0.4) is 0 Å². The first kappa shape index (κ1) is 24.5. The molecule has 0 spiro atoms. The quantitative estimate of drug-likeness (QED) is 0.586. The van der Waals surface area contributed by atoms with Gasteiger partial charge in [-0.25, -0.2) is 4.79 Å². The molecule has 3 heterocycles. The zero-order valence-electron chi connectivity index (χ0n) is 20.2. The lowest BCUT2D eigenvalue weighted by Gasteiger charge is -2.34. The molecule has 0 N–H and O–H groups in total. The van der Waals surface area contributed by atoms with Crippen molar-refractivity contribution in [1.29, 1.82) is 0 Å². The van der Waals surface area contributed by atoms with E-state index in [4.69, 9.17) is 9.47 Å². The zero-order chi connectivity index (χ0) is 23.9. The molecule has 34 heavy (non-hydrogen) atoms. The van der Waals surface area contributed by atoms with Crippen LogP contribution < -0.4 is 4.74 Å². The number of amides is 2. The molecule has 8 heteroatoms. The SMILES string of the molecule is CCOC(=O)N1CCN(Cc2ccc(OCC3CCCN(C(=O)c4ccc(C)s4)C3)cc2)CC1. The summed E-state index contributed by atoms with van der Waals surface area (Å²) in [5.41, 5.74) is 1.23. The van der Waals surface area contributed by atoms with Gasteiger partial charge >= 0.3 is 6.09 Å². The van der Waals surface area contributed by atoms with E-state index in [9.17, 15) is 9.59 Å². The second kappa shape index (κ2) is 11.7. The predicted octanol–water partition coefficient (Wildman–Crippen LogP) is 4.26. The average molecular weight is 486 g/mol. The first-order valence-electron chi connectivity index (χ1n) is 12.2. The van der Waals surface area contributed by atoms with Crippen LogP contribution in [0.2, 0.25) is 0 Å². The van der Waals surface area contributed by atoms with Gasteiger partial charge in [-0.15, -0.1) is 11.3 Å². The first-order valence-corrected chi connectivity index (χ1v) is 13.0. The third kappa shape index (κ3) is 6.51. The molecule has 184 valence electrons. The Kier molecular flexibility index (Phi) is 8.45. The fourth-order valence-electron chi connectivity index (χ4n) is 4.56. The number of nitrogens with zero attached hydrogens (tertiary/aromatic N) is 3. The number of hydrogen-bond acceptors (Lipinski definition) is 6. The molecule has 2 saturated heterocycles. The smallest absolute Gasteiger partial charge is 0.409 e. The van der Waals surface area contributed by atoms with Gasteiger partial charge < -0.3 is 19.3 Å². The molecule has 0 bridgehead atoms. The molecule has 1 atom stereocenters. The summed E-state index contributed by atoms with van der Waals surface area (Å²) < 4.78 is 11.2. The Balaban J connectivity index is 1.20. The van der Waals surface area contributed by atoms with Gasteiger partial charge in [0.1, 0.15) is 5.75 Å². The summed E-state index contributed by atoms with van der Waals surface area (Å²) in [6.07, 6.45) is 1.89. The van der Waals surface area contributed by atoms with Crippen molar-refractivity contribution in [2.45, 2.75) is 33.2 Å². The highest BCUT2D eigenvalue weighted by Crippen LogP contribution is 2.23. The maximum absolute atomic E-state index is 12.8. The van der Waals surface area contributed by atoms with E-state index in [1.54, 1.807) is 16.2 Å². The molecule has 2 amide bonds. The lowest BCUT2D eigenvalue weighted by Crippen LogP contribution is -2.48. The van der Waals surface area contributed by atoms with Gasteiger partial charge in [-0.1, -0.05) is 12.1 Å². The Morgan fingerprint density at radius 2 is 1.76 bits per heavy atom. The molecule has 1 aromatic carbocycles. The number of carbonyl (C=O) groups excluding carboxylic acids is 2. The van der Waals surface area contributed by atoms with E-state index in [1.807, 2.05) is 43.0 Å². The Labute approximate surface area is 206 Å². The van der Waals surface area contributed by atoms with E-state index in [0.29, 0.717) is 32.2 Å². The van der Waals surface area contributed by atoms with Crippen LogP contribution in [0.25, 0.3) is 0 Å². The van der Waals surface area contributed by atoms with Crippen LogP contribution in [0.4, 0.5) is 4.79 Å². The molecule has 4 rings (SSSR count). The number of benzene rings is 1. The van der Waals surface area contributed by atoms with E-state index in [1.165, 1.54) is 10.4 Å². The van der Waals surface area contributed by atoms with Crippen LogP contribution in [0.5, 0.6) is 5.75 Å². The van der Waals surface area contributed by atoms with Crippen molar-refractivity contribution >= 4 is 23.3 Å². The monoisotopic (exact) mass is 485 g/mol. The minimum atomic E-state index is -0.212. The summed E-state index contributed by atoms with van der Waals surface area (Å²) in [6.45, 7) is 10.4. The molecular formula is C26H35N3O4S. The summed E-state index contributed by atoms with van der Waals surface area (Å²) in [5.74, 6) is 1.37. The van der Waals surface area contributed by atoms with Crippen LogP contribution in [0.1, 0.15) is 39.9 Å². The van der Waals surface area contributed by atoms with E-state index in [-0.39, 0.29) is 12.0 Å². The summed E-state index contributed by atoms with van der Waals surface area (Å²) in [4.78, 5) is 32.7. The molecule has 0 saturated carbocycles. The van der Waals surface area contributed by atoms with Gasteiger partial charge in [0.25, 0.3) is 5.91 Å². The fraction of sp³-hybridized carbons (Fsp3) is 0.538. The number of carbonyl (C=O) groups is 2. The van der Waals surface area contributed by atoms with Crippen LogP contribution >= 0.6 is 11.3 Å². The minimum absolute atomic E-state index is 0.148. The van der Waals surface area contributed by atoms with Crippen molar-refractivity contribution in [3.63, 3.8) is 0 Å². The second-order valence-corrected chi connectivity index (χ2v) is 10.4. The van der Waals surface area contributed by atoms with Gasteiger partial charge in [0.2, 0.25) is 0 Å². The number of rotatable bonds is 7. The van der Waals surface area contributed by atoms with Crippen LogP contribution in [-0.4, -0.2) is 79.2 Å². The van der Waals surface area contributed by atoms with Crippen molar-refractivity contribution in [2.24, 2.45) is 5.92 Å². The molecule has 1 unspecified atom stereocenters. The molecule has 7 nitrogen and oxygen atoms in total. The van der Waals surface area contributed by atoms with Gasteiger partial charge in [-0.3, -0.25) is 9.69 Å². The third-order valence-electron chi connectivity index (χ3n) is 6.47. The molecular weight excluding hydrogens is 450 g/mol. The average Bonchev–Trinajstić information content (AvgIpc) is 3.30. The van der Waals surface area contributed by atoms with Crippen molar-refractivity contribution < 1.29 is 19.1 Å². The van der Waals surface area contributed by atoms with Crippen molar-refractivity contribution in [1.82, 2.24) is 14.7 Å².